The summed E-state index contributed by atoms with van der Waals surface area (Å²) in [6.07, 6.45) is 0.515. The van der Waals surface area contributed by atoms with Gasteiger partial charge in [0.25, 0.3) is 0 Å². The predicted octanol–water partition coefficient (Wildman–Crippen LogP) is 6.19. The maximum absolute atomic E-state index is 13.5. The van der Waals surface area contributed by atoms with Gasteiger partial charge in [0.2, 0.25) is 0 Å². The number of hydrogen-bond donors (Lipinski definition) is 1. The number of halogens is 4. The zero-order valence-corrected chi connectivity index (χ0v) is 13.4. The fraction of sp³-hybridized carbons (Fsp3) is 0.263. The van der Waals surface area contributed by atoms with E-state index in [1.54, 1.807) is 18.2 Å². The summed E-state index contributed by atoms with van der Waals surface area (Å²) < 4.78 is 40.4. The van der Waals surface area contributed by atoms with Crippen LogP contribution in [0.4, 0.5) is 18.9 Å². The molecule has 3 atom stereocenters. The minimum Gasteiger partial charge on any atom is -0.376 e. The lowest BCUT2D eigenvalue weighted by Gasteiger charge is -2.38. The molecule has 0 saturated carbocycles. The van der Waals surface area contributed by atoms with Gasteiger partial charge in [0.15, 0.2) is 0 Å². The topological polar surface area (TPSA) is 12.0 Å². The molecule has 0 bridgehead atoms. The molecule has 0 fully saturated rings. The highest BCUT2D eigenvalue weighted by molar-refractivity contribution is 6.33. The predicted molar refractivity (Wildman–Crippen MR) is 89.2 cm³/mol. The van der Waals surface area contributed by atoms with Gasteiger partial charge < -0.3 is 5.32 Å². The second kappa shape index (κ2) is 5.55. The molecule has 4 rings (SSSR count). The summed E-state index contributed by atoms with van der Waals surface area (Å²) >= 11 is 6.31. The van der Waals surface area contributed by atoms with Crippen molar-refractivity contribution in [3.63, 3.8) is 0 Å². The molecule has 2 aromatic rings. The van der Waals surface area contributed by atoms with Crippen molar-refractivity contribution in [3.8, 4) is 0 Å². The summed E-state index contributed by atoms with van der Waals surface area (Å²) in [7, 11) is 0. The van der Waals surface area contributed by atoms with Gasteiger partial charge in [-0.1, -0.05) is 54.1 Å². The molecule has 24 heavy (non-hydrogen) atoms. The number of hydrogen-bond acceptors (Lipinski definition) is 1. The van der Waals surface area contributed by atoms with Crippen LogP contribution in [0.5, 0.6) is 0 Å². The third-order valence-electron chi connectivity index (χ3n) is 4.95. The molecular formula is C19H15ClF3N. The summed E-state index contributed by atoms with van der Waals surface area (Å²) in [5, 5.41) is 3.84. The molecule has 0 amide bonds. The smallest absolute Gasteiger partial charge is 0.376 e. The molecule has 1 aliphatic carbocycles. The van der Waals surface area contributed by atoms with E-state index in [0.29, 0.717) is 5.02 Å². The number of benzene rings is 2. The standard InChI is InChI=1S/C19H15ClF3N/c20-16-10-4-8-13-11-6-3-7-12(11)17(24-18(13)16)14-5-1-2-9-15(14)19(21,22)23/h1-6,8-12,17,24H,7H2/t11-,12-,17-/m1/s1. The second-order valence-corrected chi connectivity index (χ2v) is 6.67. The third kappa shape index (κ3) is 2.40. The molecule has 1 nitrogen and oxygen atoms in total. The van der Waals surface area contributed by atoms with Crippen LogP contribution in [0.1, 0.15) is 35.1 Å². The average Bonchev–Trinajstić information content (AvgIpc) is 3.04. The van der Waals surface area contributed by atoms with Crippen molar-refractivity contribution in [2.45, 2.75) is 24.6 Å². The number of rotatable bonds is 1. The van der Waals surface area contributed by atoms with E-state index in [1.807, 2.05) is 12.1 Å². The number of fused-ring (bicyclic) bond motifs is 3. The van der Waals surface area contributed by atoms with Gasteiger partial charge in [-0.2, -0.15) is 13.2 Å². The minimum absolute atomic E-state index is 0.0551. The average molecular weight is 350 g/mol. The zero-order valence-electron chi connectivity index (χ0n) is 12.6. The van der Waals surface area contributed by atoms with Crippen LogP contribution < -0.4 is 5.32 Å². The molecule has 2 aromatic carbocycles. The lowest BCUT2D eigenvalue weighted by molar-refractivity contribution is -0.138. The number of alkyl halides is 3. The Labute approximate surface area is 143 Å². The van der Waals surface area contributed by atoms with Crippen molar-refractivity contribution in [2.24, 2.45) is 5.92 Å². The summed E-state index contributed by atoms with van der Waals surface area (Å²) in [5.74, 6) is 0.144. The van der Waals surface area contributed by atoms with Crippen LogP contribution in [-0.4, -0.2) is 0 Å². The first kappa shape index (κ1) is 15.6. The molecule has 0 radical (unpaired) electrons. The van der Waals surface area contributed by atoms with E-state index in [-0.39, 0.29) is 17.4 Å². The van der Waals surface area contributed by atoms with Crippen LogP contribution in [0.2, 0.25) is 5.02 Å². The SMILES string of the molecule is FC(F)(F)c1ccccc1[C@@H]1Nc2c(Cl)cccc2[C@@H]2C=CC[C@H]21. The normalized spacial score (nSPS) is 25.1. The lowest BCUT2D eigenvalue weighted by Crippen LogP contribution is -2.30. The van der Waals surface area contributed by atoms with Gasteiger partial charge in [-0.05, 0) is 35.6 Å². The number of anilines is 1. The maximum Gasteiger partial charge on any atom is 0.416 e. The van der Waals surface area contributed by atoms with Gasteiger partial charge in [0.05, 0.1) is 22.3 Å². The molecule has 1 aliphatic heterocycles. The Kier molecular flexibility index (Phi) is 3.61. The Bertz CT molecular complexity index is 812. The van der Waals surface area contributed by atoms with E-state index >= 15 is 0 Å². The molecular weight excluding hydrogens is 335 g/mol. The number of para-hydroxylation sites is 1. The van der Waals surface area contributed by atoms with Crippen LogP contribution in [0, 0.1) is 5.92 Å². The van der Waals surface area contributed by atoms with Crippen LogP contribution >= 0.6 is 11.6 Å². The van der Waals surface area contributed by atoms with E-state index < -0.39 is 17.8 Å². The first-order valence-corrected chi connectivity index (χ1v) is 8.22. The van der Waals surface area contributed by atoms with Gasteiger partial charge in [-0.3, -0.25) is 0 Å². The Hall–Kier alpha value is -1.94. The van der Waals surface area contributed by atoms with Gasteiger partial charge in [0, 0.05) is 5.92 Å². The van der Waals surface area contributed by atoms with Crippen molar-refractivity contribution < 1.29 is 13.2 Å². The van der Waals surface area contributed by atoms with Gasteiger partial charge in [-0.15, -0.1) is 0 Å². The highest BCUT2D eigenvalue weighted by atomic mass is 35.5. The number of nitrogens with one attached hydrogen (secondary N) is 1. The highest BCUT2D eigenvalue weighted by Gasteiger charge is 2.42. The van der Waals surface area contributed by atoms with Crippen molar-refractivity contribution >= 4 is 17.3 Å². The van der Waals surface area contributed by atoms with Crippen LogP contribution in [0.25, 0.3) is 0 Å². The molecule has 0 unspecified atom stereocenters. The molecule has 0 saturated heterocycles. The van der Waals surface area contributed by atoms with Gasteiger partial charge in [-0.25, -0.2) is 0 Å². The largest absolute Gasteiger partial charge is 0.416 e. The van der Waals surface area contributed by atoms with Crippen molar-refractivity contribution in [3.05, 3.63) is 76.3 Å². The molecule has 1 heterocycles. The van der Waals surface area contributed by atoms with Crippen molar-refractivity contribution in [1.82, 2.24) is 0 Å². The Morgan fingerprint density at radius 1 is 1.00 bits per heavy atom. The Morgan fingerprint density at radius 2 is 1.75 bits per heavy atom. The molecule has 5 heteroatoms. The molecule has 0 spiro atoms. The maximum atomic E-state index is 13.5. The van der Waals surface area contributed by atoms with Gasteiger partial charge >= 0.3 is 6.18 Å². The fourth-order valence-electron chi connectivity index (χ4n) is 3.92. The molecule has 124 valence electrons. The van der Waals surface area contributed by atoms with Crippen molar-refractivity contribution in [1.29, 1.82) is 0 Å². The van der Waals surface area contributed by atoms with Gasteiger partial charge in [0.1, 0.15) is 0 Å². The summed E-state index contributed by atoms with van der Waals surface area (Å²) in [4.78, 5) is 0. The van der Waals surface area contributed by atoms with E-state index in [2.05, 4.69) is 17.5 Å². The first-order chi connectivity index (χ1) is 11.5. The quantitative estimate of drug-likeness (QED) is 0.606. The van der Waals surface area contributed by atoms with Crippen molar-refractivity contribution in [2.75, 3.05) is 5.32 Å². The Morgan fingerprint density at radius 3 is 2.54 bits per heavy atom. The molecule has 2 aliphatic rings. The third-order valence-corrected chi connectivity index (χ3v) is 5.26. The van der Waals surface area contributed by atoms with E-state index in [4.69, 9.17) is 11.6 Å². The van der Waals surface area contributed by atoms with Crippen LogP contribution in [-0.2, 0) is 6.18 Å². The first-order valence-electron chi connectivity index (χ1n) is 7.84. The van der Waals surface area contributed by atoms with Crippen LogP contribution in [0.15, 0.2) is 54.6 Å². The zero-order chi connectivity index (χ0) is 16.9. The molecule has 0 aromatic heterocycles. The second-order valence-electron chi connectivity index (χ2n) is 6.26. The van der Waals surface area contributed by atoms with E-state index in [1.165, 1.54) is 6.07 Å². The fourth-order valence-corrected chi connectivity index (χ4v) is 4.15. The monoisotopic (exact) mass is 349 g/mol. The lowest BCUT2D eigenvalue weighted by atomic mass is 9.76. The molecule has 1 N–H and O–H groups in total. The van der Waals surface area contributed by atoms with E-state index in [9.17, 15) is 13.2 Å². The highest BCUT2D eigenvalue weighted by Crippen LogP contribution is 2.52. The summed E-state index contributed by atoms with van der Waals surface area (Å²) in [5.41, 5.74) is 1.51. The summed E-state index contributed by atoms with van der Waals surface area (Å²) in [6, 6.07) is 11.0. The van der Waals surface area contributed by atoms with E-state index in [0.717, 1.165) is 23.7 Å². The number of allylic oxidation sites excluding steroid dienone is 2. The summed E-state index contributed by atoms with van der Waals surface area (Å²) in [6.45, 7) is 0. The van der Waals surface area contributed by atoms with Crippen LogP contribution in [0.3, 0.4) is 0 Å². The minimum atomic E-state index is -4.37. The Balaban J connectivity index is 1.85.